The summed E-state index contributed by atoms with van der Waals surface area (Å²) >= 11 is 6.26. The van der Waals surface area contributed by atoms with Crippen LogP contribution in [0.1, 0.15) is 46.5 Å². The summed E-state index contributed by atoms with van der Waals surface area (Å²) in [6.07, 6.45) is 4.11. The van der Waals surface area contributed by atoms with Crippen LogP contribution in [0.25, 0.3) is 0 Å². The molecule has 110 valence electrons. The Bertz CT molecular complexity index is 499. The molecule has 20 heavy (non-hydrogen) atoms. The second kappa shape index (κ2) is 6.04. The van der Waals surface area contributed by atoms with E-state index in [2.05, 4.69) is 24.5 Å². The molecule has 0 saturated heterocycles. The molecule has 0 aromatic heterocycles. The smallest absolute Gasteiger partial charge is 0.224 e. The van der Waals surface area contributed by atoms with Gasteiger partial charge in [0.2, 0.25) is 5.91 Å². The van der Waals surface area contributed by atoms with Crippen molar-refractivity contribution in [3.63, 3.8) is 0 Å². The maximum absolute atomic E-state index is 11.5. The molecule has 1 aliphatic carbocycles. The van der Waals surface area contributed by atoms with Crippen LogP contribution < -0.4 is 10.6 Å². The van der Waals surface area contributed by atoms with Crippen LogP contribution in [-0.4, -0.2) is 11.9 Å². The Labute approximate surface area is 126 Å². The number of hydrogen-bond acceptors (Lipinski definition) is 2. The van der Waals surface area contributed by atoms with E-state index in [0.717, 1.165) is 17.8 Å². The van der Waals surface area contributed by atoms with Crippen molar-refractivity contribution in [1.29, 1.82) is 0 Å². The predicted molar refractivity (Wildman–Crippen MR) is 85.4 cm³/mol. The molecule has 0 spiro atoms. The summed E-state index contributed by atoms with van der Waals surface area (Å²) in [6.45, 7) is 6.41. The van der Waals surface area contributed by atoms with Crippen molar-refractivity contribution >= 4 is 28.9 Å². The summed E-state index contributed by atoms with van der Waals surface area (Å²) < 4.78 is 0. The molecule has 1 aromatic rings. The summed E-state index contributed by atoms with van der Waals surface area (Å²) in [4.78, 5) is 11.5. The third kappa shape index (κ3) is 3.45. The highest BCUT2D eigenvalue weighted by molar-refractivity contribution is 6.33. The third-order valence-corrected chi connectivity index (χ3v) is 4.49. The van der Waals surface area contributed by atoms with E-state index >= 15 is 0 Å². The first-order valence-corrected chi connectivity index (χ1v) is 7.66. The highest BCUT2D eigenvalue weighted by Gasteiger charge is 2.34. The summed E-state index contributed by atoms with van der Waals surface area (Å²) in [7, 11) is 0. The van der Waals surface area contributed by atoms with Crippen LogP contribution in [0.5, 0.6) is 0 Å². The number of nitrogens with one attached hydrogen (secondary N) is 2. The van der Waals surface area contributed by atoms with Gasteiger partial charge < -0.3 is 10.6 Å². The minimum absolute atomic E-state index is 0.0134. The Morgan fingerprint density at radius 1 is 1.45 bits per heavy atom. The van der Waals surface area contributed by atoms with E-state index in [1.54, 1.807) is 0 Å². The summed E-state index contributed by atoms with van der Waals surface area (Å²) in [6, 6.07) is 6.01. The zero-order chi connectivity index (χ0) is 14.8. The monoisotopic (exact) mass is 294 g/mol. The fourth-order valence-electron chi connectivity index (χ4n) is 2.75. The molecule has 1 atom stereocenters. The molecule has 1 saturated carbocycles. The third-order valence-electron chi connectivity index (χ3n) is 4.16. The highest BCUT2D eigenvalue weighted by Crippen LogP contribution is 2.40. The number of carbonyl (C=O) groups is 1. The average molecular weight is 295 g/mol. The van der Waals surface area contributed by atoms with Crippen molar-refractivity contribution in [2.45, 2.75) is 52.5 Å². The van der Waals surface area contributed by atoms with Crippen LogP contribution in [-0.2, 0) is 4.79 Å². The van der Waals surface area contributed by atoms with E-state index < -0.39 is 0 Å². The van der Waals surface area contributed by atoms with E-state index in [4.69, 9.17) is 11.6 Å². The Balaban J connectivity index is 2.14. The molecular formula is C16H23ClN2O. The molecule has 3 nitrogen and oxygen atoms in total. The van der Waals surface area contributed by atoms with Crippen molar-refractivity contribution in [2.24, 2.45) is 5.41 Å². The van der Waals surface area contributed by atoms with Gasteiger partial charge in [-0.2, -0.15) is 0 Å². The molecule has 2 N–H and O–H groups in total. The quantitative estimate of drug-likeness (QED) is 0.846. The SMILES string of the molecule is CCC(=O)Nc1ccc(Cl)c(NC2CCCC2(C)C)c1. The first-order valence-electron chi connectivity index (χ1n) is 7.28. The number of benzene rings is 1. The van der Waals surface area contributed by atoms with Crippen LogP contribution in [0, 0.1) is 5.41 Å². The fraction of sp³-hybridized carbons (Fsp3) is 0.562. The van der Waals surface area contributed by atoms with Gasteiger partial charge in [-0.15, -0.1) is 0 Å². The predicted octanol–water partition coefficient (Wildman–Crippen LogP) is 4.68. The van der Waals surface area contributed by atoms with Gasteiger partial charge in [-0.05, 0) is 36.5 Å². The minimum atomic E-state index is 0.0134. The van der Waals surface area contributed by atoms with Gasteiger partial charge in [0, 0.05) is 18.2 Å². The Morgan fingerprint density at radius 3 is 2.80 bits per heavy atom. The van der Waals surface area contributed by atoms with Crippen molar-refractivity contribution in [3.05, 3.63) is 23.2 Å². The zero-order valence-corrected chi connectivity index (χ0v) is 13.2. The Kier molecular flexibility index (Phi) is 4.59. The summed E-state index contributed by atoms with van der Waals surface area (Å²) in [5.74, 6) is 0.0134. The maximum Gasteiger partial charge on any atom is 0.224 e. The molecule has 1 amide bonds. The molecule has 1 unspecified atom stereocenters. The van der Waals surface area contributed by atoms with Gasteiger partial charge in [0.25, 0.3) is 0 Å². The van der Waals surface area contributed by atoms with E-state index in [0.29, 0.717) is 17.5 Å². The Hall–Kier alpha value is -1.22. The zero-order valence-electron chi connectivity index (χ0n) is 12.4. The van der Waals surface area contributed by atoms with Crippen LogP contribution >= 0.6 is 11.6 Å². The fourth-order valence-corrected chi connectivity index (χ4v) is 2.92. The van der Waals surface area contributed by atoms with E-state index in [1.165, 1.54) is 12.8 Å². The van der Waals surface area contributed by atoms with Gasteiger partial charge in [-0.1, -0.05) is 38.8 Å². The van der Waals surface area contributed by atoms with Crippen molar-refractivity contribution in [1.82, 2.24) is 0 Å². The average Bonchev–Trinajstić information content (AvgIpc) is 2.72. The second-order valence-electron chi connectivity index (χ2n) is 6.17. The molecule has 0 bridgehead atoms. The van der Waals surface area contributed by atoms with Crippen molar-refractivity contribution in [2.75, 3.05) is 10.6 Å². The van der Waals surface area contributed by atoms with Crippen LogP contribution in [0.15, 0.2) is 18.2 Å². The van der Waals surface area contributed by atoms with Crippen LogP contribution in [0.4, 0.5) is 11.4 Å². The first-order chi connectivity index (χ1) is 9.42. The molecule has 1 aliphatic rings. The second-order valence-corrected chi connectivity index (χ2v) is 6.58. The van der Waals surface area contributed by atoms with Crippen LogP contribution in [0.3, 0.4) is 0 Å². The minimum Gasteiger partial charge on any atom is -0.381 e. The molecule has 1 fully saturated rings. The molecule has 0 heterocycles. The lowest BCUT2D eigenvalue weighted by Crippen LogP contribution is -2.30. The Morgan fingerprint density at radius 2 is 2.20 bits per heavy atom. The lowest BCUT2D eigenvalue weighted by molar-refractivity contribution is -0.115. The summed E-state index contributed by atoms with van der Waals surface area (Å²) in [5, 5.41) is 7.11. The van der Waals surface area contributed by atoms with Crippen molar-refractivity contribution in [3.8, 4) is 0 Å². The van der Waals surface area contributed by atoms with Crippen LogP contribution in [0.2, 0.25) is 5.02 Å². The number of halogens is 1. The first kappa shape index (κ1) is 15.2. The van der Waals surface area contributed by atoms with E-state index in [9.17, 15) is 4.79 Å². The highest BCUT2D eigenvalue weighted by atomic mass is 35.5. The van der Waals surface area contributed by atoms with Gasteiger partial charge >= 0.3 is 0 Å². The topological polar surface area (TPSA) is 41.1 Å². The number of carbonyl (C=O) groups excluding carboxylic acids is 1. The molecular weight excluding hydrogens is 272 g/mol. The lowest BCUT2D eigenvalue weighted by Gasteiger charge is -2.29. The van der Waals surface area contributed by atoms with Crippen molar-refractivity contribution < 1.29 is 4.79 Å². The largest absolute Gasteiger partial charge is 0.381 e. The molecule has 2 rings (SSSR count). The van der Waals surface area contributed by atoms with Gasteiger partial charge in [0.05, 0.1) is 10.7 Å². The number of anilines is 2. The number of hydrogen-bond donors (Lipinski definition) is 2. The maximum atomic E-state index is 11.5. The summed E-state index contributed by atoms with van der Waals surface area (Å²) in [5.41, 5.74) is 1.98. The van der Waals surface area contributed by atoms with Gasteiger partial charge in [0.1, 0.15) is 0 Å². The lowest BCUT2D eigenvalue weighted by atomic mass is 9.87. The van der Waals surface area contributed by atoms with Gasteiger partial charge in [0.15, 0.2) is 0 Å². The molecule has 4 heteroatoms. The van der Waals surface area contributed by atoms with E-state index in [-0.39, 0.29) is 11.3 Å². The number of rotatable bonds is 4. The molecule has 0 radical (unpaired) electrons. The molecule has 1 aromatic carbocycles. The van der Waals surface area contributed by atoms with Gasteiger partial charge in [-0.3, -0.25) is 4.79 Å². The van der Waals surface area contributed by atoms with E-state index in [1.807, 2.05) is 25.1 Å². The number of amides is 1. The molecule has 0 aliphatic heterocycles. The van der Waals surface area contributed by atoms with Gasteiger partial charge in [-0.25, -0.2) is 0 Å². The standard InChI is InChI=1S/C16H23ClN2O/c1-4-15(20)18-11-7-8-12(17)13(10-11)19-14-6-5-9-16(14,2)3/h7-8,10,14,19H,4-6,9H2,1-3H3,(H,18,20). The normalized spacial score (nSPS) is 20.7.